The lowest BCUT2D eigenvalue weighted by Crippen LogP contribution is -2.53. The Morgan fingerprint density at radius 2 is 1.70 bits per heavy atom. The third-order valence-corrected chi connectivity index (χ3v) is 8.45. The average Bonchev–Trinajstić information content (AvgIpc) is 3.57. The number of fused-ring (bicyclic) bond motifs is 1. The summed E-state index contributed by atoms with van der Waals surface area (Å²) in [5, 5.41) is 14.4. The van der Waals surface area contributed by atoms with Crippen molar-refractivity contribution in [2.75, 3.05) is 26.4 Å². The number of aliphatic hydroxyl groups excluding tert-OH is 1. The van der Waals surface area contributed by atoms with Crippen molar-refractivity contribution < 1.29 is 33.6 Å². The molecule has 3 saturated heterocycles. The number of nitrogens with one attached hydrogen (secondary N) is 1. The SMILES string of the molecule is CC1CCCCCCCCCCCOC(=O)N1C[C@@H](O)[C@H](Cc1ccccc1)NC(=O)O[C@H]1CO[C@H]2OCC[C@H]21. The fourth-order valence-corrected chi connectivity index (χ4v) is 5.96. The van der Waals surface area contributed by atoms with Gasteiger partial charge in [0, 0.05) is 6.04 Å². The standard InChI is InChI=1S/C31H48N2O7/c1-23-14-10-7-5-3-2-4-6-8-13-18-38-31(36)33(23)21-27(34)26(20-24-15-11-9-12-16-24)32-30(35)40-28-22-39-29-25(28)17-19-37-29/h9,11-12,15-16,23,25-29,34H,2-8,10,13-14,17-22H2,1H3,(H,32,35)/t23?,25-,26-,27+,28-,29+/m0/s1. The Labute approximate surface area is 238 Å². The summed E-state index contributed by atoms with van der Waals surface area (Å²) in [4.78, 5) is 27.8. The van der Waals surface area contributed by atoms with E-state index in [1.807, 2.05) is 37.3 Å². The van der Waals surface area contributed by atoms with Crippen molar-refractivity contribution in [1.82, 2.24) is 10.2 Å². The molecule has 6 atom stereocenters. The summed E-state index contributed by atoms with van der Waals surface area (Å²) in [6.07, 6.45) is 9.50. The van der Waals surface area contributed by atoms with E-state index in [0.717, 1.165) is 44.1 Å². The fourth-order valence-electron chi connectivity index (χ4n) is 5.96. The van der Waals surface area contributed by atoms with Crippen LogP contribution in [0.5, 0.6) is 0 Å². The first kappa shape index (κ1) is 30.6. The molecular weight excluding hydrogens is 512 g/mol. The third kappa shape index (κ3) is 9.35. The van der Waals surface area contributed by atoms with Crippen LogP contribution in [0.4, 0.5) is 9.59 Å². The van der Waals surface area contributed by atoms with Crippen molar-refractivity contribution in [1.29, 1.82) is 0 Å². The first-order chi connectivity index (χ1) is 19.5. The molecule has 3 heterocycles. The van der Waals surface area contributed by atoms with Crippen LogP contribution in [0.2, 0.25) is 0 Å². The molecule has 0 spiro atoms. The van der Waals surface area contributed by atoms with Crippen molar-refractivity contribution in [3.63, 3.8) is 0 Å². The molecule has 2 N–H and O–H groups in total. The Morgan fingerprint density at radius 1 is 1.00 bits per heavy atom. The maximum Gasteiger partial charge on any atom is 0.410 e. The highest BCUT2D eigenvalue weighted by molar-refractivity contribution is 5.69. The summed E-state index contributed by atoms with van der Waals surface area (Å²) in [6, 6.07) is 8.94. The van der Waals surface area contributed by atoms with E-state index in [2.05, 4.69) is 5.32 Å². The second-order valence-corrected chi connectivity index (χ2v) is 11.6. The highest BCUT2D eigenvalue weighted by atomic mass is 16.7. The molecule has 1 aromatic carbocycles. The zero-order valence-corrected chi connectivity index (χ0v) is 24.0. The van der Waals surface area contributed by atoms with Crippen molar-refractivity contribution >= 4 is 12.2 Å². The van der Waals surface area contributed by atoms with Crippen LogP contribution < -0.4 is 5.32 Å². The van der Waals surface area contributed by atoms with Gasteiger partial charge < -0.3 is 34.3 Å². The van der Waals surface area contributed by atoms with E-state index in [1.54, 1.807) is 4.90 Å². The number of hydrogen-bond donors (Lipinski definition) is 2. The maximum absolute atomic E-state index is 13.2. The van der Waals surface area contributed by atoms with Gasteiger partial charge in [0.25, 0.3) is 0 Å². The number of nitrogens with zero attached hydrogens (tertiary/aromatic N) is 1. The van der Waals surface area contributed by atoms with Gasteiger partial charge in [-0.1, -0.05) is 81.7 Å². The highest BCUT2D eigenvalue weighted by Gasteiger charge is 2.44. The summed E-state index contributed by atoms with van der Waals surface area (Å²) in [5.41, 5.74) is 0.966. The number of rotatable bonds is 7. The van der Waals surface area contributed by atoms with Crippen molar-refractivity contribution in [3.8, 4) is 0 Å². The minimum Gasteiger partial charge on any atom is -0.449 e. The summed E-state index contributed by atoms with van der Waals surface area (Å²) >= 11 is 0. The van der Waals surface area contributed by atoms with Gasteiger partial charge in [-0.2, -0.15) is 0 Å². The normalized spacial score (nSPS) is 28.4. The Morgan fingerprint density at radius 3 is 2.45 bits per heavy atom. The second kappa shape index (κ2) is 16.2. The molecule has 9 nitrogen and oxygen atoms in total. The van der Waals surface area contributed by atoms with Crippen LogP contribution >= 0.6 is 0 Å². The van der Waals surface area contributed by atoms with Gasteiger partial charge in [0.2, 0.25) is 0 Å². The van der Waals surface area contributed by atoms with Gasteiger partial charge in [-0.25, -0.2) is 9.59 Å². The summed E-state index contributed by atoms with van der Waals surface area (Å²) < 4.78 is 22.5. The summed E-state index contributed by atoms with van der Waals surface area (Å²) in [6.45, 7) is 3.34. The quantitative estimate of drug-likeness (QED) is 0.473. The lowest BCUT2D eigenvalue weighted by atomic mass is 10.00. The van der Waals surface area contributed by atoms with Gasteiger partial charge in [0.05, 0.1) is 44.4 Å². The molecule has 40 heavy (non-hydrogen) atoms. The summed E-state index contributed by atoms with van der Waals surface area (Å²) in [5.74, 6) is 0.0268. The molecule has 3 fully saturated rings. The molecule has 0 aromatic heterocycles. The van der Waals surface area contributed by atoms with Gasteiger partial charge in [-0.3, -0.25) is 0 Å². The van der Waals surface area contributed by atoms with Gasteiger partial charge in [0.1, 0.15) is 6.10 Å². The van der Waals surface area contributed by atoms with Crippen molar-refractivity contribution in [2.24, 2.45) is 5.92 Å². The first-order valence-corrected chi connectivity index (χ1v) is 15.4. The predicted molar refractivity (Wildman–Crippen MR) is 151 cm³/mol. The minimum atomic E-state index is -1.02. The molecule has 0 radical (unpaired) electrons. The van der Waals surface area contributed by atoms with Crippen LogP contribution in [-0.4, -0.2) is 79.1 Å². The molecular formula is C31H48N2O7. The number of cyclic esters (lactones) is 1. The van der Waals surface area contributed by atoms with Crippen molar-refractivity contribution in [2.45, 2.75) is 115 Å². The molecule has 1 aromatic rings. The fraction of sp³-hybridized carbons (Fsp3) is 0.742. The Bertz CT molecular complexity index is 901. The molecule has 0 bridgehead atoms. The largest absolute Gasteiger partial charge is 0.449 e. The molecule has 4 rings (SSSR count). The van der Waals surface area contributed by atoms with Gasteiger partial charge in [-0.15, -0.1) is 0 Å². The van der Waals surface area contributed by atoms with Gasteiger partial charge >= 0.3 is 12.2 Å². The summed E-state index contributed by atoms with van der Waals surface area (Å²) in [7, 11) is 0. The van der Waals surface area contributed by atoms with Crippen molar-refractivity contribution in [3.05, 3.63) is 35.9 Å². The van der Waals surface area contributed by atoms with E-state index in [0.29, 0.717) is 26.2 Å². The lowest BCUT2D eigenvalue weighted by Gasteiger charge is -2.33. The van der Waals surface area contributed by atoms with Crippen LogP contribution in [0.1, 0.15) is 83.1 Å². The van der Waals surface area contributed by atoms with Crippen LogP contribution in [-0.2, 0) is 25.4 Å². The number of ether oxygens (including phenoxy) is 4. The number of amides is 2. The van der Waals surface area contributed by atoms with Crippen LogP contribution in [0.15, 0.2) is 30.3 Å². The van der Waals surface area contributed by atoms with E-state index in [9.17, 15) is 14.7 Å². The molecule has 2 amide bonds. The van der Waals surface area contributed by atoms with Gasteiger partial charge in [-0.05, 0) is 38.2 Å². The molecule has 3 aliphatic rings. The first-order valence-electron chi connectivity index (χ1n) is 15.4. The minimum absolute atomic E-state index is 0.0268. The average molecular weight is 561 g/mol. The number of hydrogen-bond acceptors (Lipinski definition) is 7. The van der Waals surface area contributed by atoms with Crippen LogP contribution in [0.3, 0.4) is 0 Å². The van der Waals surface area contributed by atoms with Crippen LogP contribution in [0, 0.1) is 5.92 Å². The number of β-amino-alcohol motifs (C(OH)–C–C–N with tert-alkyl or cyclic N) is 1. The highest BCUT2D eigenvalue weighted by Crippen LogP contribution is 2.33. The molecule has 224 valence electrons. The van der Waals surface area contributed by atoms with E-state index >= 15 is 0 Å². The van der Waals surface area contributed by atoms with E-state index in [-0.39, 0.29) is 30.9 Å². The monoisotopic (exact) mass is 560 g/mol. The maximum atomic E-state index is 13.2. The van der Waals surface area contributed by atoms with E-state index < -0.39 is 24.3 Å². The zero-order chi connectivity index (χ0) is 28.2. The number of alkyl carbamates (subject to hydrolysis) is 1. The number of carbonyl (C=O) groups is 2. The van der Waals surface area contributed by atoms with Crippen LogP contribution in [0.25, 0.3) is 0 Å². The zero-order valence-electron chi connectivity index (χ0n) is 24.0. The van der Waals surface area contributed by atoms with Gasteiger partial charge in [0.15, 0.2) is 6.29 Å². The van der Waals surface area contributed by atoms with E-state index in [4.69, 9.17) is 18.9 Å². The molecule has 0 aliphatic carbocycles. The predicted octanol–water partition coefficient (Wildman–Crippen LogP) is 5.19. The second-order valence-electron chi connectivity index (χ2n) is 11.6. The number of aliphatic hydroxyl groups is 1. The molecule has 0 saturated carbocycles. The third-order valence-electron chi connectivity index (χ3n) is 8.45. The molecule has 3 aliphatic heterocycles. The Kier molecular flexibility index (Phi) is 12.4. The Balaban J connectivity index is 1.41. The molecule has 9 heteroatoms. The van der Waals surface area contributed by atoms with E-state index in [1.165, 1.54) is 32.1 Å². The molecule has 1 unspecified atom stereocenters. The number of carbonyl (C=O) groups excluding carboxylic acids is 2. The Hall–Kier alpha value is -2.36. The smallest absolute Gasteiger partial charge is 0.410 e. The lowest BCUT2D eigenvalue weighted by molar-refractivity contribution is -0.0907. The number of benzene rings is 1. The topological polar surface area (TPSA) is 107 Å².